The number of nitrogens with one attached hydrogen (secondary N) is 1. The summed E-state index contributed by atoms with van der Waals surface area (Å²) in [6, 6.07) is 6.14. The van der Waals surface area contributed by atoms with Crippen LogP contribution < -0.4 is 10.1 Å². The summed E-state index contributed by atoms with van der Waals surface area (Å²) in [5.41, 5.74) is 2.30. The van der Waals surface area contributed by atoms with Gasteiger partial charge in [0.15, 0.2) is 6.10 Å². The van der Waals surface area contributed by atoms with E-state index in [1.54, 1.807) is 0 Å². The van der Waals surface area contributed by atoms with Crippen molar-refractivity contribution in [2.45, 2.75) is 70.9 Å². The van der Waals surface area contributed by atoms with Crippen LogP contribution in [-0.2, 0) is 4.79 Å². The molecular formula is C21H29NO2. The van der Waals surface area contributed by atoms with Crippen molar-refractivity contribution < 1.29 is 9.53 Å². The maximum atomic E-state index is 12.8. The fraction of sp³-hybridized carbons (Fsp3) is 0.667. The standard InChI is InChI=1S/C21H29NO2/c1-13-4-5-14(2)19(6-13)24-15(3)20(23)22-21-10-16-7-17(11-21)9-18(8-16)12-21/h4-6,15-18H,7-12H2,1-3H3,(H,22,23)/t15-,16?,17?,18?,21?/m1/s1. The van der Waals surface area contributed by atoms with Crippen molar-refractivity contribution in [2.24, 2.45) is 17.8 Å². The predicted octanol–water partition coefficient (Wildman–Crippen LogP) is 4.16. The summed E-state index contributed by atoms with van der Waals surface area (Å²) in [6.07, 6.45) is 7.28. The molecule has 1 aromatic carbocycles. The largest absolute Gasteiger partial charge is 0.481 e. The maximum absolute atomic E-state index is 12.8. The van der Waals surface area contributed by atoms with Crippen molar-refractivity contribution >= 4 is 5.91 Å². The molecule has 0 heterocycles. The van der Waals surface area contributed by atoms with Gasteiger partial charge in [-0.15, -0.1) is 0 Å². The van der Waals surface area contributed by atoms with Gasteiger partial charge in [-0.2, -0.15) is 0 Å². The number of ether oxygens (including phenoxy) is 1. The number of hydrogen-bond acceptors (Lipinski definition) is 2. The summed E-state index contributed by atoms with van der Waals surface area (Å²) in [4.78, 5) is 12.8. The van der Waals surface area contributed by atoms with E-state index in [2.05, 4.69) is 11.4 Å². The lowest BCUT2D eigenvalue weighted by atomic mass is 9.53. The number of carbonyl (C=O) groups is 1. The molecule has 0 saturated heterocycles. The third-order valence-corrected chi connectivity index (χ3v) is 6.44. The Balaban J connectivity index is 1.43. The minimum atomic E-state index is -0.446. The summed E-state index contributed by atoms with van der Waals surface area (Å²) in [5, 5.41) is 3.41. The molecular weight excluding hydrogens is 298 g/mol. The van der Waals surface area contributed by atoms with Crippen LogP contribution in [0.5, 0.6) is 5.75 Å². The van der Waals surface area contributed by atoms with Crippen LogP contribution in [0.2, 0.25) is 0 Å². The van der Waals surface area contributed by atoms with Crippen LogP contribution in [0.3, 0.4) is 0 Å². The zero-order valence-corrected chi connectivity index (χ0v) is 15.1. The molecule has 4 saturated carbocycles. The Labute approximate surface area is 145 Å². The van der Waals surface area contributed by atoms with E-state index in [0.717, 1.165) is 34.6 Å². The van der Waals surface area contributed by atoms with Gasteiger partial charge in [0.05, 0.1) is 0 Å². The van der Waals surface area contributed by atoms with Gasteiger partial charge in [0.1, 0.15) is 5.75 Å². The average molecular weight is 327 g/mol. The Morgan fingerprint density at radius 1 is 1.12 bits per heavy atom. The third-order valence-electron chi connectivity index (χ3n) is 6.44. The van der Waals surface area contributed by atoms with Crippen molar-refractivity contribution in [1.82, 2.24) is 5.32 Å². The van der Waals surface area contributed by atoms with Crippen LogP contribution in [0.15, 0.2) is 18.2 Å². The molecule has 4 aliphatic carbocycles. The minimum Gasteiger partial charge on any atom is -0.481 e. The molecule has 1 N–H and O–H groups in total. The monoisotopic (exact) mass is 327 g/mol. The van der Waals surface area contributed by atoms with Gasteiger partial charge in [0, 0.05) is 5.54 Å². The molecule has 0 spiro atoms. The molecule has 3 nitrogen and oxygen atoms in total. The first-order valence-electron chi connectivity index (χ1n) is 9.48. The molecule has 24 heavy (non-hydrogen) atoms. The Morgan fingerprint density at radius 3 is 2.29 bits per heavy atom. The number of aryl methyl sites for hydroxylation is 2. The van der Waals surface area contributed by atoms with Crippen molar-refractivity contribution in [1.29, 1.82) is 0 Å². The number of carbonyl (C=O) groups excluding carboxylic acids is 1. The first kappa shape index (κ1) is 16.0. The SMILES string of the molecule is Cc1ccc(C)c(O[C@H](C)C(=O)NC23CC4CC(CC(C4)C2)C3)c1. The van der Waals surface area contributed by atoms with Crippen molar-refractivity contribution in [3.05, 3.63) is 29.3 Å². The lowest BCUT2D eigenvalue weighted by Gasteiger charge is -2.57. The van der Waals surface area contributed by atoms with Crippen molar-refractivity contribution in [3.8, 4) is 5.75 Å². The zero-order valence-electron chi connectivity index (χ0n) is 15.1. The topological polar surface area (TPSA) is 38.3 Å². The van der Waals surface area contributed by atoms with Crippen molar-refractivity contribution in [2.75, 3.05) is 0 Å². The van der Waals surface area contributed by atoms with Crippen LogP contribution in [0.1, 0.15) is 56.6 Å². The normalized spacial score (nSPS) is 34.9. The molecule has 3 heteroatoms. The van der Waals surface area contributed by atoms with E-state index in [0.29, 0.717) is 0 Å². The molecule has 4 fully saturated rings. The summed E-state index contributed by atoms with van der Waals surface area (Å²) in [5.74, 6) is 3.39. The van der Waals surface area contributed by atoms with Gasteiger partial charge in [-0.1, -0.05) is 12.1 Å². The lowest BCUT2D eigenvalue weighted by Crippen LogP contribution is -2.61. The van der Waals surface area contributed by atoms with Crippen molar-refractivity contribution in [3.63, 3.8) is 0 Å². The zero-order chi connectivity index (χ0) is 16.9. The van der Waals surface area contributed by atoms with Gasteiger partial charge < -0.3 is 10.1 Å². The summed E-state index contributed by atoms with van der Waals surface area (Å²) < 4.78 is 5.99. The molecule has 1 amide bonds. The van der Waals surface area contributed by atoms with Gasteiger partial charge in [0.25, 0.3) is 5.91 Å². The molecule has 0 unspecified atom stereocenters. The smallest absolute Gasteiger partial charge is 0.261 e. The average Bonchev–Trinajstić information content (AvgIpc) is 2.49. The van der Waals surface area contributed by atoms with E-state index in [1.807, 2.05) is 32.9 Å². The lowest BCUT2D eigenvalue weighted by molar-refractivity contribution is -0.133. The van der Waals surface area contributed by atoms with Crippen LogP contribution in [0.25, 0.3) is 0 Å². The highest BCUT2D eigenvalue weighted by Gasteiger charge is 2.51. The molecule has 0 radical (unpaired) electrons. The highest BCUT2D eigenvalue weighted by molar-refractivity contribution is 5.81. The second kappa shape index (κ2) is 5.79. The van der Waals surface area contributed by atoms with E-state index in [-0.39, 0.29) is 11.4 Å². The second-order valence-electron chi connectivity index (χ2n) is 8.72. The Bertz CT molecular complexity index is 616. The minimum absolute atomic E-state index is 0.0536. The van der Waals surface area contributed by atoms with E-state index < -0.39 is 6.10 Å². The fourth-order valence-corrected chi connectivity index (χ4v) is 5.70. The van der Waals surface area contributed by atoms with Gasteiger partial charge in [-0.3, -0.25) is 4.79 Å². The van der Waals surface area contributed by atoms with Crippen LogP contribution >= 0.6 is 0 Å². The number of rotatable bonds is 4. The summed E-state index contributed by atoms with van der Waals surface area (Å²) in [6.45, 7) is 5.95. The van der Waals surface area contributed by atoms with E-state index in [1.165, 1.54) is 38.5 Å². The Hall–Kier alpha value is -1.51. The molecule has 0 aromatic heterocycles. The van der Waals surface area contributed by atoms with Crippen LogP contribution in [0, 0.1) is 31.6 Å². The van der Waals surface area contributed by atoms with Gasteiger partial charge in [-0.05, 0) is 94.2 Å². The Morgan fingerprint density at radius 2 is 1.71 bits per heavy atom. The van der Waals surface area contributed by atoms with E-state index in [4.69, 9.17) is 4.74 Å². The van der Waals surface area contributed by atoms with Crippen LogP contribution in [-0.4, -0.2) is 17.6 Å². The molecule has 1 atom stereocenters. The summed E-state index contributed by atoms with van der Waals surface area (Å²) >= 11 is 0. The molecule has 1 aromatic rings. The summed E-state index contributed by atoms with van der Waals surface area (Å²) in [7, 11) is 0. The highest BCUT2D eigenvalue weighted by Crippen LogP contribution is 2.55. The van der Waals surface area contributed by atoms with Gasteiger partial charge in [-0.25, -0.2) is 0 Å². The maximum Gasteiger partial charge on any atom is 0.261 e. The highest BCUT2D eigenvalue weighted by atomic mass is 16.5. The molecule has 5 rings (SSSR count). The van der Waals surface area contributed by atoms with E-state index in [9.17, 15) is 4.79 Å². The number of benzene rings is 1. The molecule has 4 bridgehead atoms. The van der Waals surface area contributed by atoms with Crippen LogP contribution in [0.4, 0.5) is 0 Å². The quantitative estimate of drug-likeness (QED) is 0.902. The number of amides is 1. The predicted molar refractivity (Wildman–Crippen MR) is 95.1 cm³/mol. The number of hydrogen-bond donors (Lipinski definition) is 1. The Kier molecular flexibility index (Phi) is 3.85. The van der Waals surface area contributed by atoms with E-state index >= 15 is 0 Å². The molecule has 0 aliphatic heterocycles. The fourth-order valence-electron chi connectivity index (χ4n) is 5.70. The third kappa shape index (κ3) is 2.94. The first-order valence-corrected chi connectivity index (χ1v) is 9.48. The first-order chi connectivity index (χ1) is 11.4. The molecule has 130 valence electrons. The molecule has 4 aliphatic rings. The van der Waals surface area contributed by atoms with Gasteiger partial charge in [0.2, 0.25) is 0 Å². The van der Waals surface area contributed by atoms with Gasteiger partial charge >= 0.3 is 0 Å². The second-order valence-corrected chi connectivity index (χ2v) is 8.72.